The van der Waals surface area contributed by atoms with Crippen LogP contribution in [-0.2, 0) is 11.3 Å². The Balaban J connectivity index is 1.71. The predicted octanol–water partition coefficient (Wildman–Crippen LogP) is 2.83. The van der Waals surface area contributed by atoms with Crippen molar-refractivity contribution in [2.45, 2.75) is 23.9 Å². The van der Waals surface area contributed by atoms with E-state index in [1.54, 1.807) is 13.4 Å². The molecule has 0 spiro atoms. The topological polar surface area (TPSA) is 78.9 Å². The third kappa shape index (κ3) is 3.77. The maximum Gasteiger partial charge on any atom is 0.240 e. The zero-order valence-corrected chi connectivity index (χ0v) is 13.7. The zero-order valence-electron chi connectivity index (χ0n) is 12.9. The molecule has 3 aromatic rings. The van der Waals surface area contributed by atoms with E-state index in [4.69, 9.17) is 9.26 Å². The second kappa shape index (κ2) is 7.38. The van der Waals surface area contributed by atoms with Gasteiger partial charge in [0.05, 0.1) is 11.9 Å². The van der Waals surface area contributed by atoms with Crippen LogP contribution in [0.1, 0.15) is 18.1 Å². The standard InChI is InChI=1S/C15H17N5O2S/c1-11(23-15-18-16-10-20(15)8-9-21-2)14-17-13(19-22-14)12-6-4-3-5-7-12/h3-7,10-11H,8-9H2,1-2H3. The van der Waals surface area contributed by atoms with E-state index in [1.165, 1.54) is 11.8 Å². The first-order valence-electron chi connectivity index (χ1n) is 7.20. The lowest BCUT2D eigenvalue weighted by Crippen LogP contribution is -2.05. The van der Waals surface area contributed by atoms with Gasteiger partial charge in [0.2, 0.25) is 11.7 Å². The largest absolute Gasteiger partial charge is 0.383 e. The smallest absolute Gasteiger partial charge is 0.240 e. The van der Waals surface area contributed by atoms with Gasteiger partial charge in [-0.15, -0.1) is 10.2 Å². The summed E-state index contributed by atoms with van der Waals surface area (Å²) in [5.41, 5.74) is 0.933. The molecule has 0 amide bonds. The Morgan fingerprint density at radius 1 is 1.30 bits per heavy atom. The second-order valence-corrected chi connectivity index (χ2v) is 6.19. The Morgan fingerprint density at radius 3 is 2.91 bits per heavy atom. The molecule has 0 saturated heterocycles. The molecule has 23 heavy (non-hydrogen) atoms. The molecule has 1 atom stereocenters. The molecule has 0 bridgehead atoms. The van der Waals surface area contributed by atoms with Crippen LogP contribution < -0.4 is 0 Å². The van der Waals surface area contributed by atoms with Crippen molar-refractivity contribution in [3.8, 4) is 11.4 Å². The number of methoxy groups -OCH3 is 1. The molecule has 2 heterocycles. The Morgan fingerprint density at radius 2 is 2.13 bits per heavy atom. The monoisotopic (exact) mass is 331 g/mol. The van der Waals surface area contributed by atoms with Crippen molar-refractivity contribution in [1.29, 1.82) is 0 Å². The lowest BCUT2D eigenvalue weighted by Gasteiger charge is -2.07. The summed E-state index contributed by atoms with van der Waals surface area (Å²) in [6.07, 6.45) is 1.69. The first-order chi connectivity index (χ1) is 11.3. The highest BCUT2D eigenvalue weighted by atomic mass is 32.2. The molecule has 0 N–H and O–H groups in total. The highest BCUT2D eigenvalue weighted by molar-refractivity contribution is 7.99. The third-order valence-corrected chi connectivity index (χ3v) is 4.30. The fourth-order valence-electron chi connectivity index (χ4n) is 1.99. The minimum atomic E-state index is -0.0227. The van der Waals surface area contributed by atoms with Gasteiger partial charge in [-0.25, -0.2) is 0 Å². The van der Waals surface area contributed by atoms with Gasteiger partial charge in [0.15, 0.2) is 5.16 Å². The van der Waals surface area contributed by atoms with Crippen molar-refractivity contribution < 1.29 is 9.26 Å². The van der Waals surface area contributed by atoms with Crippen molar-refractivity contribution >= 4 is 11.8 Å². The molecular formula is C15H17N5O2S. The van der Waals surface area contributed by atoms with E-state index in [9.17, 15) is 0 Å². The zero-order chi connectivity index (χ0) is 16.1. The summed E-state index contributed by atoms with van der Waals surface area (Å²) < 4.78 is 12.4. The van der Waals surface area contributed by atoms with Gasteiger partial charge in [-0.1, -0.05) is 47.3 Å². The van der Waals surface area contributed by atoms with E-state index < -0.39 is 0 Å². The van der Waals surface area contributed by atoms with Crippen molar-refractivity contribution in [2.75, 3.05) is 13.7 Å². The molecule has 0 fully saturated rings. The maximum atomic E-state index is 5.39. The molecule has 3 rings (SSSR count). The van der Waals surface area contributed by atoms with Gasteiger partial charge in [-0.05, 0) is 6.92 Å². The van der Waals surface area contributed by atoms with Crippen LogP contribution in [0.2, 0.25) is 0 Å². The third-order valence-electron chi connectivity index (χ3n) is 3.22. The lowest BCUT2D eigenvalue weighted by atomic mass is 10.2. The molecule has 120 valence electrons. The van der Waals surface area contributed by atoms with Gasteiger partial charge in [-0.3, -0.25) is 0 Å². The van der Waals surface area contributed by atoms with Crippen LogP contribution in [0.25, 0.3) is 11.4 Å². The molecule has 2 aromatic heterocycles. The summed E-state index contributed by atoms with van der Waals surface area (Å²) in [5.74, 6) is 1.16. The number of benzene rings is 1. The lowest BCUT2D eigenvalue weighted by molar-refractivity contribution is 0.184. The first-order valence-corrected chi connectivity index (χ1v) is 8.08. The Labute approximate surface area is 138 Å². The number of nitrogens with zero attached hydrogens (tertiary/aromatic N) is 5. The minimum Gasteiger partial charge on any atom is -0.383 e. The number of ether oxygens (including phenoxy) is 1. The quantitative estimate of drug-likeness (QED) is 0.616. The summed E-state index contributed by atoms with van der Waals surface area (Å²) in [6.45, 7) is 3.32. The molecule has 8 heteroatoms. The molecule has 7 nitrogen and oxygen atoms in total. The molecule has 0 saturated carbocycles. The van der Waals surface area contributed by atoms with Gasteiger partial charge < -0.3 is 13.8 Å². The van der Waals surface area contributed by atoms with Crippen molar-refractivity contribution in [1.82, 2.24) is 24.9 Å². The number of hydrogen-bond acceptors (Lipinski definition) is 7. The molecule has 0 radical (unpaired) electrons. The Hall–Kier alpha value is -2.19. The van der Waals surface area contributed by atoms with Crippen molar-refractivity contribution in [3.63, 3.8) is 0 Å². The normalized spacial score (nSPS) is 12.4. The summed E-state index contributed by atoms with van der Waals surface area (Å²) in [4.78, 5) is 4.47. The van der Waals surface area contributed by atoms with E-state index >= 15 is 0 Å². The molecule has 1 aromatic carbocycles. The predicted molar refractivity (Wildman–Crippen MR) is 85.9 cm³/mol. The number of aromatic nitrogens is 5. The fourth-order valence-corrected chi connectivity index (χ4v) is 2.87. The molecule has 0 aliphatic heterocycles. The van der Waals surface area contributed by atoms with Crippen molar-refractivity contribution in [2.24, 2.45) is 0 Å². The van der Waals surface area contributed by atoms with Crippen LogP contribution in [0, 0.1) is 0 Å². The Bertz CT molecular complexity index is 743. The van der Waals surface area contributed by atoms with E-state index in [1.807, 2.05) is 41.8 Å². The van der Waals surface area contributed by atoms with E-state index in [-0.39, 0.29) is 5.25 Å². The summed E-state index contributed by atoms with van der Waals surface area (Å²) >= 11 is 1.53. The Kier molecular flexibility index (Phi) is 5.04. The minimum absolute atomic E-state index is 0.0227. The SMILES string of the molecule is COCCn1cnnc1SC(C)c1nc(-c2ccccc2)no1. The van der Waals surface area contributed by atoms with Crippen LogP contribution in [-0.4, -0.2) is 38.6 Å². The van der Waals surface area contributed by atoms with Gasteiger partial charge in [0.25, 0.3) is 0 Å². The van der Waals surface area contributed by atoms with Crippen molar-refractivity contribution in [3.05, 3.63) is 42.5 Å². The molecule has 1 unspecified atom stereocenters. The summed E-state index contributed by atoms with van der Waals surface area (Å²) in [7, 11) is 1.67. The van der Waals surface area contributed by atoms with Gasteiger partial charge >= 0.3 is 0 Å². The van der Waals surface area contributed by atoms with Crippen LogP contribution in [0.3, 0.4) is 0 Å². The second-order valence-electron chi connectivity index (χ2n) is 4.88. The van der Waals surface area contributed by atoms with Crippen LogP contribution >= 0.6 is 11.8 Å². The number of rotatable bonds is 7. The van der Waals surface area contributed by atoms with E-state index in [0.717, 1.165) is 10.7 Å². The van der Waals surface area contributed by atoms with Crippen LogP contribution in [0.15, 0.2) is 46.3 Å². The van der Waals surface area contributed by atoms with E-state index in [0.29, 0.717) is 24.9 Å². The van der Waals surface area contributed by atoms with Crippen LogP contribution in [0.4, 0.5) is 0 Å². The first kappa shape index (κ1) is 15.7. The number of thioether (sulfide) groups is 1. The highest BCUT2D eigenvalue weighted by Gasteiger charge is 2.19. The fraction of sp³-hybridized carbons (Fsp3) is 0.333. The molecule has 0 aliphatic rings. The van der Waals surface area contributed by atoms with Gasteiger partial charge in [0.1, 0.15) is 6.33 Å². The summed E-state index contributed by atoms with van der Waals surface area (Å²) in [5, 5.41) is 12.9. The molecular weight excluding hydrogens is 314 g/mol. The summed E-state index contributed by atoms with van der Waals surface area (Å²) in [6, 6.07) is 9.75. The van der Waals surface area contributed by atoms with Gasteiger partial charge in [-0.2, -0.15) is 4.98 Å². The van der Waals surface area contributed by atoms with Gasteiger partial charge in [0, 0.05) is 19.2 Å². The average Bonchev–Trinajstić information content (AvgIpc) is 3.23. The number of hydrogen-bond donors (Lipinski definition) is 0. The van der Waals surface area contributed by atoms with E-state index in [2.05, 4.69) is 20.3 Å². The van der Waals surface area contributed by atoms with Crippen LogP contribution in [0.5, 0.6) is 0 Å². The maximum absolute atomic E-state index is 5.39. The highest BCUT2D eigenvalue weighted by Crippen LogP contribution is 2.33. The average molecular weight is 331 g/mol. The molecule has 0 aliphatic carbocycles.